The van der Waals surface area contributed by atoms with Crippen LogP contribution in [0.5, 0.6) is 5.75 Å². The van der Waals surface area contributed by atoms with Crippen molar-refractivity contribution < 1.29 is 4.74 Å². The summed E-state index contributed by atoms with van der Waals surface area (Å²) >= 11 is 0. The fraction of sp³-hybridized carbons (Fsp3) is 0.524. The van der Waals surface area contributed by atoms with Crippen LogP contribution in [0.4, 0.5) is 0 Å². The molecule has 0 aliphatic carbocycles. The molecule has 1 N–H and O–H groups in total. The first-order chi connectivity index (χ1) is 13.1. The van der Waals surface area contributed by atoms with Gasteiger partial charge in [0.1, 0.15) is 11.9 Å². The molecule has 154 valence electrons. The second-order valence-electron chi connectivity index (χ2n) is 7.26. The van der Waals surface area contributed by atoms with Crippen LogP contribution in [-0.2, 0) is 13.5 Å². The molecule has 0 amide bonds. The summed E-state index contributed by atoms with van der Waals surface area (Å²) in [5.74, 6) is 2.54. The van der Waals surface area contributed by atoms with E-state index in [0.717, 1.165) is 37.8 Å². The van der Waals surface area contributed by atoms with Crippen molar-refractivity contribution in [1.82, 2.24) is 20.0 Å². The average molecular weight is 497 g/mol. The van der Waals surface area contributed by atoms with Gasteiger partial charge in [-0.15, -0.1) is 24.0 Å². The predicted octanol–water partition coefficient (Wildman–Crippen LogP) is 3.34. The summed E-state index contributed by atoms with van der Waals surface area (Å²) < 4.78 is 7.82. The highest BCUT2D eigenvalue weighted by molar-refractivity contribution is 14.0. The molecule has 2 unspecified atom stereocenters. The van der Waals surface area contributed by atoms with Crippen molar-refractivity contribution in [3.05, 3.63) is 48.3 Å². The number of guanidine groups is 1. The molecule has 0 radical (unpaired) electrons. The molecule has 0 bridgehead atoms. The van der Waals surface area contributed by atoms with Crippen LogP contribution in [0.2, 0.25) is 0 Å². The van der Waals surface area contributed by atoms with Gasteiger partial charge >= 0.3 is 0 Å². The fourth-order valence-electron chi connectivity index (χ4n) is 3.51. The van der Waals surface area contributed by atoms with Crippen LogP contribution in [0.15, 0.2) is 47.7 Å². The lowest BCUT2D eigenvalue weighted by Gasteiger charge is -2.22. The van der Waals surface area contributed by atoms with Crippen molar-refractivity contribution in [2.75, 3.05) is 26.2 Å². The number of ether oxygens (including phenoxy) is 1. The molecule has 1 aromatic carbocycles. The van der Waals surface area contributed by atoms with Gasteiger partial charge in [0.05, 0.1) is 12.7 Å². The van der Waals surface area contributed by atoms with Gasteiger partial charge in [-0.2, -0.15) is 5.10 Å². The Bertz CT molecular complexity index is 733. The third kappa shape index (κ3) is 6.68. The van der Waals surface area contributed by atoms with Crippen LogP contribution in [-0.4, -0.2) is 52.9 Å². The molecule has 0 saturated carbocycles. The molecule has 0 spiro atoms. The highest BCUT2D eigenvalue weighted by Crippen LogP contribution is 2.21. The summed E-state index contributed by atoms with van der Waals surface area (Å²) in [7, 11) is 1.97. The van der Waals surface area contributed by atoms with Crippen LogP contribution in [0, 0.1) is 5.92 Å². The molecule has 2 atom stereocenters. The Labute approximate surface area is 185 Å². The molecule has 2 heterocycles. The van der Waals surface area contributed by atoms with Crippen LogP contribution in [0.1, 0.15) is 25.8 Å². The van der Waals surface area contributed by atoms with Gasteiger partial charge < -0.3 is 15.0 Å². The Kier molecular flexibility index (Phi) is 9.08. The van der Waals surface area contributed by atoms with E-state index in [1.165, 1.54) is 12.0 Å². The minimum Gasteiger partial charge on any atom is -0.489 e. The number of rotatable bonds is 7. The third-order valence-electron chi connectivity index (χ3n) is 4.78. The summed E-state index contributed by atoms with van der Waals surface area (Å²) in [6.45, 7) is 7.77. The molecule has 7 heteroatoms. The van der Waals surface area contributed by atoms with Crippen molar-refractivity contribution in [1.29, 1.82) is 0 Å². The Balaban J connectivity index is 0.00000280. The number of nitrogens with zero attached hydrogens (tertiary/aromatic N) is 4. The number of benzene rings is 1. The van der Waals surface area contributed by atoms with E-state index in [2.05, 4.69) is 35.4 Å². The highest BCUT2D eigenvalue weighted by atomic mass is 127. The number of para-hydroxylation sites is 1. The minimum atomic E-state index is 0. The van der Waals surface area contributed by atoms with E-state index < -0.39 is 0 Å². The smallest absolute Gasteiger partial charge is 0.194 e. The van der Waals surface area contributed by atoms with E-state index in [9.17, 15) is 0 Å². The average Bonchev–Trinajstić information content (AvgIpc) is 3.29. The van der Waals surface area contributed by atoms with E-state index >= 15 is 0 Å². The first-order valence-corrected chi connectivity index (χ1v) is 9.86. The van der Waals surface area contributed by atoms with E-state index in [-0.39, 0.29) is 30.1 Å². The number of likely N-dealkylation sites (tertiary alicyclic amines) is 1. The lowest BCUT2D eigenvalue weighted by molar-refractivity contribution is 0.229. The zero-order valence-electron chi connectivity index (χ0n) is 17.0. The molecule has 1 aliphatic heterocycles. The number of halogens is 1. The molecule has 1 saturated heterocycles. The lowest BCUT2D eigenvalue weighted by atomic mass is 10.0. The Morgan fingerprint density at radius 1 is 1.36 bits per heavy atom. The van der Waals surface area contributed by atoms with E-state index in [0.29, 0.717) is 12.5 Å². The van der Waals surface area contributed by atoms with Crippen LogP contribution in [0.25, 0.3) is 0 Å². The summed E-state index contributed by atoms with van der Waals surface area (Å²) in [5.41, 5.74) is 1.32. The number of hydrogen-bond acceptors (Lipinski definition) is 3. The monoisotopic (exact) mass is 497 g/mol. The number of nitrogens with one attached hydrogen (secondary N) is 1. The number of aromatic nitrogens is 2. The number of aryl methyl sites for hydroxylation is 1. The van der Waals surface area contributed by atoms with Crippen molar-refractivity contribution in [3.8, 4) is 5.75 Å². The first-order valence-electron chi connectivity index (χ1n) is 9.86. The predicted molar refractivity (Wildman–Crippen MR) is 125 cm³/mol. The zero-order valence-corrected chi connectivity index (χ0v) is 19.4. The topological polar surface area (TPSA) is 54.7 Å². The van der Waals surface area contributed by atoms with E-state index in [1.54, 1.807) is 0 Å². The van der Waals surface area contributed by atoms with Gasteiger partial charge in [-0.3, -0.25) is 4.68 Å². The first kappa shape index (κ1) is 22.5. The second kappa shape index (κ2) is 11.3. The van der Waals surface area contributed by atoms with Gasteiger partial charge in [-0.1, -0.05) is 18.2 Å². The lowest BCUT2D eigenvalue weighted by Crippen LogP contribution is -2.40. The summed E-state index contributed by atoms with van der Waals surface area (Å²) in [6, 6.07) is 9.93. The third-order valence-corrected chi connectivity index (χ3v) is 4.78. The Morgan fingerprint density at radius 3 is 2.82 bits per heavy atom. The normalized spacial score (nSPS) is 17.9. The van der Waals surface area contributed by atoms with Crippen molar-refractivity contribution >= 4 is 29.9 Å². The van der Waals surface area contributed by atoms with Gasteiger partial charge in [-0.25, -0.2) is 4.99 Å². The molecule has 2 aromatic rings. The summed E-state index contributed by atoms with van der Waals surface area (Å²) in [5, 5.41) is 7.71. The molecule has 6 nitrogen and oxygen atoms in total. The van der Waals surface area contributed by atoms with Gasteiger partial charge in [-0.05, 0) is 50.3 Å². The molecular weight excluding hydrogens is 465 g/mol. The number of aliphatic imine (C=N–C) groups is 1. The maximum absolute atomic E-state index is 5.95. The highest BCUT2D eigenvalue weighted by Gasteiger charge is 2.25. The van der Waals surface area contributed by atoms with Gasteiger partial charge in [0.2, 0.25) is 0 Å². The SMILES string of the molecule is CCNC(=NCC(C)Oc1ccccc1)N1CCC(Cc2cnn(C)c2)C1.I. The molecule has 1 aromatic heterocycles. The zero-order chi connectivity index (χ0) is 19.1. The van der Waals surface area contributed by atoms with Crippen molar-refractivity contribution in [3.63, 3.8) is 0 Å². The van der Waals surface area contributed by atoms with Crippen molar-refractivity contribution in [2.24, 2.45) is 18.0 Å². The van der Waals surface area contributed by atoms with Crippen LogP contribution < -0.4 is 10.1 Å². The van der Waals surface area contributed by atoms with Crippen LogP contribution in [0.3, 0.4) is 0 Å². The van der Waals surface area contributed by atoms with E-state index in [1.807, 2.05) is 48.3 Å². The van der Waals surface area contributed by atoms with Crippen molar-refractivity contribution in [2.45, 2.75) is 32.8 Å². The standard InChI is InChI=1S/C21H31N5O.HI/c1-4-22-21(23-13-17(2)27-20-8-6-5-7-9-20)26-11-10-18(16-26)12-19-14-24-25(3)15-19;/h5-9,14-15,17-18H,4,10-13,16H2,1-3H3,(H,22,23);1H. The minimum absolute atomic E-state index is 0. The Hall–Kier alpha value is -1.77. The number of hydrogen-bond donors (Lipinski definition) is 1. The maximum atomic E-state index is 5.95. The molecule has 1 aliphatic rings. The van der Waals surface area contributed by atoms with Gasteiger partial charge in [0.25, 0.3) is 0 Å². The molecular formula is C21H32IN5O. The largest absolute Gasteiger partial charge is 0.489 e. The summed E-state index contributed by atoms with van der Waals surface area (Å²) in [6.07, 6.45) is 6.40. The van der Waals surface area contributed by atoms with Crippen LogP contribution >= 0.6 is 24.0 Å². The molecule has 28 heavy (non-hydrogen) atoms. The summed E-state index contributed by atoms with van der Waals surface area (Å²) in [4.78, 5) is 7.20. The molecule has 3 rings (SSSR count). The fourth-order valence-corrected chi connectivity index (χ4v) is 3.51. The van der Waals surface area contributed by atoms with Gasteiger partial charge in [0, 0.05) is 32.9 Å². The molecule has 1 fully saturated rings. The second-order valence-corrected chi connectivity index (χ2v) is 7.26. The quantitative estimate of drug-likeness (QED) is 0.362. The van der Waals surface area contributed by atoms with Gasteiger partial charge in [0.15, 0.2) is 5.96 Å². The van der Waals surface area contributed by atoms with E-state index in [4.69, 9.17) is 9.73 Å². The maximum Gasteiger partial charge on any atom is 0.194 e. The Morgan fingerprint density at radius 2 is 2.14 bits per heavy atom.